The number of diazo groups is 1. The first kappa shape index (κ1) is 12.1. The molecule has 0 atom stereocenters. The maximum Gasteiger partial charge on any atom is 0.385 e. The summed E-state index contributed by atoms with van der Waals surface area (Å²) < 4.78 is 0. The van der Waals surface area contributed by atoms with E-state index in [1.807, 2.05) is 30.3 Å². The topological polar surface area (TPSA) is 31.4 Å². The minimum Gasteiger partial charge on any atom is -0.367 e. The first-order chi connectivity index (χ1) is 8.83. The van der Waals surface area contributed by atoms with Gasteiger partial charge in [0.1, 0.15) is 0 Å². The van der Waals surface area contributed by atoms with Gasteiger partial charge in [0.2, 0.25) is 5.39 Å². The number of benzene rings is 2. The van der Waals surface area contributed by atoms with Crippen LogP contribution in [0.5, 0.6) is 0 Å². The first-order valence-corrected chi connectivity index (χ1v) is 6.07. The highest BCUT2D eigenvalue weighted by atomic mass is 15.1. The van der Waals surface area contributed by atoms with Crippen LogP contribution in [0.4, 0.5) is 11.4 Å². The third kappa shape index (κ3) is 2.86. The van der Waals surface area contributed by atoms with Crippen LogP contribution in [0, 0.1) is 5.39 Å². The van der Waals surface area contributed by atoms with Gasteiger partial charge in [-0.3, -0.25) is 0 Å². The molecule has 0 heterocycles. The summed E-state index contributed by atoms with van der Waals surface area (Å²) in [5, 5.41) is 8.67. The van der Waals surface area contributed by atoms with Crippen LogP contribution in [0.15, 0.2) is 54.6 Å². The lowest BCUT2D eigenvalue weighted by molar-refractivity contribution is 0.832. The molecule has 3 heteroatoms. The van der Waals surface area contributed by atoms with Gasteiger partial charge in [0.15, 0.2) is 4.98 Å². The Bertz CT molecular complexity index is 526. The van der Waals surface area contributed by atoms with E-state index in [2.05, 4.69) is 41.1 Å². The van der Waals surface area contributed by atoms with Crippen molar-refractivity contribution < 1.29 is 0 Å². The van der Waals surface area contributed by atoms with Gasteiger partial charge >= 0.3 is 5.69 Å². The predicted octanol–water partition coefficient (Wildman–Crippen LogP) is 4.20. The van der Waals surface area contributed by atoms with Crippen molar-refractivity contribution in [2.24, 2.45) is 0 Å². The quantitative estimate of drug-likeness (QED) is 0.747. The molecule has 2 rings (SSSR count). The smallest absolute Gasteiger partial charge is 0.367 e. The Morgan fingerprint density at radius 3 is 2.22 bits per heavy atom. The van der Waals surface area contributed by atoms with E-state index in [9.17, 15) is 0 Å². The standard InChI is InChI=1S/C15H16N3/c1-2-18(12-13-6-4-3-5-7-13)15-10-8-14(17-16)9-11-15/h3-11H,2,12H2,1H3/q+1. The molecule has 90 valence electrons. The molecular weight excluding hydrogens is 222 g/mol. The molecule has 0 amide bonds. The van der Waals surface area contributed by atoms with Crippen molar-refractivity contribution in [2.75, 3.05) is 11.4 Å². The number of hydrogen-bond acceptors (Lipinski definition) is 2. The summed E-state index contributed by atoms with van der Waals surface area (Å²) in [4.78, 5) is 5.44. The van der Waals surface area contributed by atoms with E-state index in [1.165, 1.54) is 5.56 Å². The van der Waals surface area contributed by atoms with Crippen LogP contribution in [-0.4, -0.2) is 6.54 Å². The second kappa shape index (κ2) is 5.83. The molecular formula is C15H16N3+. The molecule has 0 saturated carbocycles. The lowest BCUT2D eigenvalue weighted by atomic mass is 10.2. The van der Waals surface area contributed by atoms with Crippen LogP contribution in [0.3, 0.4) is 0 Å². The van der Waals surface area contributed by atoms with Crippen LogP contribution < -0.4 is 4.90 Å². The largest absolute Gasteiger partial charge is 0.385 e. The molecule has 0 spiro atoms. The van der Waals surface area contributed by atoms with Gasteiger partial charge in [-0.2, -0.15) is 0 Å². The maximum absolute atomic E-state index is 8.67. The zero-order valence-electron chi connectivity index (χ0n) is 10.5. The summed E-state index contributed by atoms with van der Waals surface area (Å²) in [6.45, 7) is 3.95. The van der Waals surface area contributed by atoms with Gasteiger partial charge in [-0.1, -0.05) is 30.3 Å². The first-order valence-electron chi connectivity index (χ1n) is 6.07. The predicted molar refractivity (Wildman–Crippen MR) is 74.4 cm³/mol. The van der Waals surface area contributed by atoms with E-state index in [4.69, 9.17) is 5.39 Å². The van der Waals surface area contributed by atoms with E-state index in [1.54, 1.807) is 0 Å². The molecule has 0 aliphatic rings. The minimum absolute atomic E-state index is 0.578. The summed E-state index contributed by atoms with van der Waals surface area (Å²) in [7, 11) is 0. The van der Waals surface area contributed by atoms with Crippen molar-refractivity contribution in [3.05, 3.63) is 65.1 Å². The average Bonchev–Trinajstić information content (AvgIpc) is 2.46. The maximum atomic E-state index is 8.67. The zero-order valence-corrected chi connectivity index (χ0v) is 10.5. The lowest BCUT2D eigenvalue weighted by Crippen LogP contribution is -2.21. The molecule has 0 fully saturated rings. The van der Waals surface area contributed by atoms with Crippen LogP contribution in [-0.2, 0) is 6.54 Å². The van der Waals surface area contributed by atoms with Crippen LogP contribution in [0.2, 0.25) is 0 Å². The van der Waals surface area contributed by atoms with Crippen molar-refractivity contribution in [1.29, 1.82) is 5.39 Å². The van der Waals surface area contributed by atoms with Gasteiger partial charge in [-0.25, -0.2) is 0 Å². The van der Waals surface area contributed by atoms with Crippen molar-refractivity contribution in [3.8, 4) is 0 Å². The molecule has 0 N–H and O–H groups in total. The fourth-order valence-corrected chi connectivity index (χ4v) is 1.92. The Morgan fingerprint density at radius 1 is 1.00 bits per heavy atom. The molecule has 0 unspecified atom stereocenters. The number of rotatable bonds is 4. The van der Waals surface area contributed by atoms with Gasteiger partial charge < -0.3 is 4.90 Å². The van der Waals surface area contributed by atoms with Gasteiger partial charge in [0.05, 0.1) is 0 Å². The highest BCUT2D eigenvalue weighted by Gasteiger charge is 2.08. The summed E-state index contributed by atoms with van der Waals surface area (Å²) in [6.07, 6.45) is 0. The highest BCUT2D eigenvalue weighted by Crippen LogP contribution is 2.21. The molecule has 18 heavy (non-hydrogen) atoms. The van der Waals surface area contributed by atoms with Crippen molar-refractivity contribution in [1.82, 2.24) is 0 Å². The van der Waals surface area contributed by atoms with E-state index in [0.717, 1.165) is 18.8 Å². The van der Waals surface area contributed by atoms with Crippen LogP contribution in [0.25, 0.3) is 4.98 Å². The fourth-order valence-electron chi connectivity index (χ4n) is 1.92. The molecule has 0 aliphatic heterocycles. The second-order valence-electron chi connectivity index (χ2n) is 4.12. The third-order valence-corrected chi connectivity index (χ3v) is 2.93. The van der Waals surface area contributed by atoms with Crippen molar-refractivity contribution in [3.63, 3.8) is 0 Å². The third-order valence-electron chi connectivity index (χ3n) is 2.93. The summed E-state index contributed by atoms with van der Waals surface area (Å²) in [5.41, 5.74) is 3.00. The molecule has 2 aromatic carbocycles. The van der Waals surface area contributed by atoms with E-state index < -0.39 is 0 Å². The molecule has 0 bridgehead atoms. The average molecular weight is 238 g/mol. The normalized spacial score (nSPS) is 9.78. The lowest BCUT2D eigenvalue weighted by Gasteiger charge is -2.22. The SMILES string of the molecule is CCN(Cc1ccccc1)c1ccc([N+]#N)cc1. The Hall–Kier alpha value is -2.34. The Morgan fingerprint density at radius 2 is 1.67 bits per heavy atom. The highest BCUT2D eigenvalue weighted by molar-refractivity contribution is 5.55. The van der Waals surface area contributed by atoms with Crippen molar-refractivity contribution >= 4 is 11.4 Å². The molecule has 0 radical (unpaired) electrons. The van der Waals surface area contributed by atoms with E-state index in [-0.39, 0.29) is 0 Å². The van der Waals surface area contributed by atoms with E-state index >= 15 is 0 Å². The number of anilines is 1. The van der Waals surface area contributed by atoms with Gasteiger partial charge in [0.25, 0.3) is 0 Å². The molecule has 0 aromatic heterocycles. The van der Waals surface area contributed by atoms with Crippen LogP contribution in [0.1, 0.15) is 12.5 Å². The van der Waals surface area contributed by atoms with E-state index in [0.29, 0.717) is 5.69 Å². The molecule has 0 saturated heterocycles. The molecule has 2 aromatic rings. The fraction of sp³-hybridized carbons (Fsp3) is 0.200. The minimum atomic E-state index is 0.578. The summed E-state index contributed by atoms with van der Waals surface area (Å²) >= 11 is 0. The Labute approximate surface area is 107 Å². The zero-order chi connectivity index (χ0) is 12.8. The number of nitrogens with zero attached hydrogens (tertiary/aromatic N) is 3. The summed E-state index contributed by atoms with van der Waals surface area (Å²) in [5.74, 6) is 0. The van der Waals surface area contributed by atoms with Crippen molar-refractivity contribution in [2.45, 2.75) is 13.5 Å². The van der Waals surface area contributed by atoms with Gasteiger partial charge in [0, 0.05) is 30.9 Å². The second-order valence-corrected chi connectivity index (χ2v) is 4.12. The Balaban J connectivity index is 2.15. The Kier molecular flexibility index (Phi) is 3.93. The molecule has 0 aliphatic carbocycles. The van der Waals surface area contributed by atoms with Crippen LogP contribution >= 0.6 is 0 Å². The molecule has 3 nitrogen and oxygen atoms in total. The summed E-state index contributed by atoms with van der Waals surface area (Å²) in [6, 6.07) is 17.9. The monoisotopic (exact) mass is 238 g/mol. The van der Waals surface area contributed by atoms with Gasteiger partial charge in [-0.05, 0) is 24.6 Å². The van der Waals surface area contributed by atoms with Gasteiger partial charge in [-0.15, -0.1) is 0 Å². The number of hydrogen-bond donors (Lipinski definition) is 0.